The van der Waals surface area contributed by atoms with Gasteiger partial charge in [0.1, 0.15) is 12.4 Å². The highest BCUT2D eigenvalue weighted by Gasteiger charge is 2.23. The number of carbonyl (C=O) groups excluding carboxylic acids is 1. The van der Waals surface area contributed by atoms with Gasteiger partial charge in [-0.1, -0.05) is 24.1 Å². The van der Waals surface area contributed by atoms with Crippen LogP contribution in [0.15, 0.2) is 18.2 Å². The third-order valence-electron chi connectivity index (χ3n) is 4.81. The van der Waals surface area contributed by atoms with Crippen LogP contribution in [-0.2, 0) is 16.1 Å². The van der Waals surface area contributed by atoms with Gasteiger partial charge in [-0.25, -0.2) is 4.39 Å². The van der Waals surface area contributed by atoms with E-state index < -0.39 is 0 Å². The van der Waals surface area contributed by atoms with Crippen LogP contribution in [0.3, 0.4) is 0 Å². The molecule has 0 aliphatic carbocycles. The number of rotatable bonds is 8. The molecule has 2 N–H and O–H groups in total. The lowest BCUT2D eigenvalue weighted by atomic mass is 10.2. The molecular weight excluding hydrogens is 389 g/mol. The molecule has 0 unspecified atom stereocenters. The number of carbonyl (C=O) groups is 1. The van der Waals surface area contributed by atoms with E-state index in [0.717, 1.165) is 57.1 Å². The smallest absolute Gasteiger partial charge is 0.305 e. The molecule has 0 saturated carbocycles. The molecular formula is C19H28ClFN3O2S+. The number of ether oxygens (including phenoxy) is 1. The van der Waals surface area contributed by atoms with Crippen molar-refractivity contribution >= 4 is 34.9 Å². The van der Waals surface area contributed by atoms with Crippen molar-refractivity contribution in [2.75, 3.05) is 39.8 Å². The molecule has 0 atom stereocenters. The minimum absolute atomic E-state index is 0.157. The first-order valence-corrected chi connectivity index (χ1v) is 10.2. The zero-order valence-electron chi connectivity index (χ0n) is 15.7. The summed E-state index contributed by atoms with van der Waals surface area (Å²) in [5, 5.41) is 4.55. The van der Waals surface area contributed by atoms with Crippen molar-refractivity contribution < 1.29 is 18.8 Å². The molecule has 2 rings (SSSR count). The molecule has 1 heterocycles. The predicted molar refractivity (Wildman–Crippen MR) is 108 cm³/mol. The molecule has 150 valence electrons. The minimum Gasteiger partial charge on any atom is -0.469 e. The Morgan fingerprint density at radius 2 is 2.07 bits per heavy atom. The van der Waals surface area contributed by atoms with E-state index in [9.17, 15) is 9.18 Å². The van der Waals surface area contributed by atoms with E-state index in [-0.39, 0.29) is 11.8 Å². The molecule has 1 aliphatic heterocycles. The van der Waals surface area contributed by atoms with Gasteiger partial charge in [0.2, 0.25) is 0 Å². The van der Waals surface area contributed by atoms with Gasteiger partial charge in [-0.05, 0) is 37.2 Å². The van der Waals surface area contributed by atoms with Crippen LogP contribution < -0.4 is 10.2 Å². The quantitative estimate of drug-likeness (QED) is 0.384. The first kappa shape index (κ1) is 21.9. The maximum absolute atomic E-state index is 13.9. The van der Waals surface area contributed by atoms with E-state index in [1.807, 2.05) is 0 Å². The van der Waals surface area contributed by atoms with Crippen LogP contribution in [0.4, 0.5) is 4.39 Å². The van der Waals surface area contributed by atoms with Crippen LogP contribution in [0.2, 0.25) is 5.02 Å². The molecule has 0 bridgehead atoms. The monoisotopic (exact) mass is 416 g/mol. The Morgan fingerprint density at radius 3 is 2.74 bits per heavy atom. The lowest BCUT2D eigenvalue weighted by molar-refractivity contribution is -0.917. The maximum atomic E-state index is 13.9. The number of quaternary nitrogens is 1. The Bertz CT molecular complexity index is 619. The largest absolute Gasteiger partial charge is 0.469 e. The van der Waals surface area contributed by atoms with E-state index in [0.29, 0.717) is 23.6 Å². The van der Waals surface area contributed by atoms with Gasteiger partial charge in [-0.15, -0.1) is 0 Å². The summed E-state index contributed by atoms with van der Waals surface area (Å²) in [6.45, 7) is 4.88. The fourth-order valence-corrected chi connectivity index (χ4v) is 3.65. The summed E-state index contributed by atoms with van der Waals surface area (Å²) in [6, 6.07) is 4.83. The van der Waals surface area contributed by atoms with Crippen molar-refractivity contribution in [1.29, 1.82) is 0 Å². The summed E-state index contributed by atoms with van der Waals surface area (Å²) in [6.07, 6.45) is 3.24. The highest BCUT2D eigenvalue weighted by atomic mass is 35.5. The van der Waals surface area contributed by atoms with E-state index in [2.05, 4.69) is 15.0 Å². The summed E-state index contributed by atoms with van der Waals surface area (Å²) in [5.74, 6) is -0.391. The first-order valence-electron chi connectivity index (χ1n) is 9.37. The number of esters is 1. The number of methoxy groups -OCH3 is 1. The number of nitrogens with one attached hydrogen (secondary N) is 2. The van der Waals surface area contributed by atoms with E-state index in [1.165, 1.54) is 18.1 Å². The van der Waals surface area contributed by atoms with Gasteiger partial charge < -0.3 is 19.9 Å². The molecule has 0 spiro atoms. The van der Waals surface area contributed by atoms with Gasteiger partial charge in [0.25, 0.3) is 0 Å². The van der Waals surface area contributed by atoms with E-state index >= 15 is 0 Å². The van der Waals surface area contributed by atoms with Crippen molar-refractivity contribution in [1.82, 2.24) is 10.2 Å². The highest BCUT2D eigenvalue weighted by molar-refractivity contribution is 7.80. The molecule has 1 aromatic rings. The second-order valence-electron chi connectivity index (χ2n) is 6.73. The summed E-state index contributed by atoms with van der Waals surface area (Å²) >= 11 is 11.6. The normalized spacial score (nSPS) is 14.9. The van der Waals surface area contributed by atoms with Gasteiger partial charge in [-0.3, -0.25) is 4.79 Å². The van der Waals surface area contributed by atoms with Crippen LogP contribution >= 0.6 is 23.8 Å². The Balaban J connectivity index is 1.63. The standard InChI is InChI=1S/C19H27ClFN3O2S/c1-26-18(25)8-3-2-4-9-22-19(27)24-12-10-23(11-13-24)14-15-16(20)6-5-7-17(15)21/h5-7H,2-4,8-14H2,1H3,(H,22,27)/p+1. The zero-order valence-corrected chi connectivity index (χ0v) is 17.3. The Hall–Kier alpha value is -1.44. The molecule has 5 nitrogen and oxygen atoms in total. The molecule has 0 radical (unpaired) electrons. The number of piperazine rings is 1. The van der Waals surface area contributed by atoms with Crippen molar-refractivity contribution in [3.63, 3.8) is 0 Å². The molecule has 0 amide bonds. The Kier molecular flexibility index (Phi) is 9.24. The highest BCUT2D eigenvalue weighted by Crippen LogP contribution is 2.17. The SMILES string of the molecule is COC(=O)CCCCCNC(=S)N1CC[NH+](Cc2c(F)cccc2Cl)CC1. The fraction of sp³-hybridized carbons (Fsp3) is 0.579. The number of thiocarbonyl (C=S) groups is 1. The van der Waals surface area contributed by atoms with Crippen LogP contribution in [0.5, 0.6) is 0 Å². The second-order valence-corrected chi connectivity index (χ2v) is 7.53. The third-order valence-corrected chi connectivity index (χ3v) is 5.56. The number of hydrogen-bond acceptors (Lipinski definition) is 3. The summed E-state index contributed by atoms with van der Waals surface area (Å²) in [5.41, 5.74) is 0.593. The van der Waals surface area contributed by atoms with Gasteiger partial charge in [0, 0.05) is 13.0 Å². The summed E-state index contributed by atoms with van der Waals surface area (Å²) < 4.78 is 18.6. The van der Waals surface area contributed by atoms with Gasteiger partial charge in [-0.2, -0.15) is 0 Å². The summed E-state index contributed by atoms with van der Waals surface area (Å²) in [7, 11) is 1.41. The van der Waals surface area contributed by atoms with E-state index in [4.69, 9.17) is 23.8 Å². The van der Waals surface area contributed by atoms with E-state index in [1.54, 1.807) is 12.1 Å². The number of halogens is 2. The Labute approximate surface area is 170 Å². The van der Waals surface area contributed by atoms with Crippen molar-refractivity contribution in [3.8, 4) is 0 Å². The second kappa shape index (κ2) is 11.4. The third kappa shape index (κ3) is 7.24. The number of nitrogens with zero attached hydrogens (tertiary/aromatic N) is 1. The molecule has 1 aromatic carbocycles. The van der Waals surface area contributed by atoms with Crippen LogP contribution in [0.25, 0.3) is 0 Å². The van der Waals surface area contributed by atoms with Crippen molar-refractivity contribution in [2.45, 2.75) is 32.2 Å². The van der Waals surface area contributed by atoms with Crippen LogP contribution in [0.1, 0.15) is 31.2 Å². The first-order chi connectivity index (χ1) is 13.0. The Morgan fingerprint density at radius 1 is 1.33 bits per heavy atom. The summed E-state index contributed by atoms with van der Waals surface area (Å²) in [4.78, 5) is 14.5. The molecule has 8 heteroatoms. The average molecular weight is 417 g/mol. The van der Waals surface area contributed by atoms with Crippen molar-refractivity contribution in [2.24, 2.45) is 0 Å². The lowest BCUT2D eigenvalue weighted by Gasteiger charge is -2.34. The van der Waals surface area contributed by atoms with Gasteiger partial charge in [0.05, 0.1) is 43.9 Å². The average Bonchev–Trinajstić information content (AvgIpc) is 2.67. The molecule has 1 aliphatic rings. The molecule has 27 heavy (non-hydrogen) atoms. The lowest BCUT2D eigenvalue weighted by Crippen LogP contribution is -3.13. The number of hydrogen-bond donors (Lipinski definition) is 2. The van der Waals surface area contributed by atoms with Crippen LogP contribution in [-0.4, -0.2) is 55.8 Å². The molecule has 1 fully saturated rings. The predicted octanol–water partition coefficient (Wildman–Crippen LogP) is 1.79. The minimum atomic E-state index is -0.234. The topological polar surface area (TPSA) is 46.0 Å². The molecule has 0 aromatic heterocycles. The fourth-order valence-electron chi connectivity index (χ4n) is 3.13. The van der Waals surface area contributed by atoms with Gasteiger partial charge in [0.15, 0.2) is 5.11 Å². The van der Waals surface area contributed by atoms with Gasteiger partial charge >= 0.3 is 5.97 Å². The zero-order chi connectivity index (χ0) is 19.6. The molecule has 1 saturated heterocycles. The number of unbranched alkanes of at least 4 members (excludes halogenated alkanes) is 2. The van der Waals surface area contributed by atoms with Crippen LogP contribution in [0, 0.1) is 5.82 Å². The number of benzene rings is 1. The van der Waals surface area contributed by atoms with Crippen molar-refractivity contribution in [3.05, 3.63) is 34.6 Å². The maximum Gasteiger partial charge on any atom is 0.305 e.